The van der Waals surface area contributed by atoms with Gasteiger partial charge >= 0.3 is 0 Å². The Kier molecular flexibility index (Phi) is 1.90. The predicted molar refractivity (Wildman–Crippen MR) is 41.9 cm³/mol. The minimum atomic E-state index is 0.805. The molecule has 0 N–H and O–H groups in total. The molecule has 0 bridgehead atoms. The second kappa shape index (κ2) is 2.69. The third kappa shape index (κ3) is 1.26. The van der Waals surface area contributed by atoms with Crippen LogP contribution >= 0.6 is 0 Å². The summed E-state index contributed by atoms with van der Waals surface area (Å²) in [5.74, 6) is 0. The van der Waals surface area contributed by atoms with Gasteiger partial charge in [-0.05, 0) is 19.9 Å². The smallest absolute Gasteiger partial charge is 0.0596 e. The monoisotopic (exact) mass is 136 g/mol. The van der Waals surface area contributed by atoms with Crippen LogP contribution in [0.25, 0.3) is 0 Å². The normalized spacial score (nSPS) is 9.80. The number of hydrogen-bond acceptors (Lipinski definition) is 1. The van der Waals surface area contributed by atoms with Gasteiger partial charge in [0.2, 0.25) is 0 Å². The quantitative estimate of drug-likeness (QED) is 0.566. The molecule has 1 aromatic rings. The Balaban J connectivity index is 2.91. The molecule has 0 saturated carbocycles. The van der Waals surface area contributed by atoms with Gasteiger partial charge in [-0.1, -0.05) is 6.08 Å². The van der Waals surface area contributed by atoms with Gasteiger partial charge < -0.3 is 0 Å². The van der Waals surface area contributed by atoms with Gasteiger partial charge in [0, 0.05) is 5.69 Å². The van der Waals surface area contributed by atoms with Crippen LogP contribution in [0.2, 0.25) is 0 Å². The molecule has 1 heterocycles. The third-order valence-electron chi connectivity index (χ3n) is 1.41. The summed E-state index contributed by atoms with van der Waals surface area (Å²) in [6.45, 7) is 8.49. The highest BCUT2D eigenvalue weighted by Crippen LogP contribution is 2.00. The molecule has 10 heavy (non-hydrogen) atoms. The molecule has 1 rings (SSSR count). The molecule has 0 spiro atoms. The Bertz CT molecular complexity index is 235. The van der Waals surface area contributed by atoms with Crippen LogP contribution in [0.15, 0.2) is 18.7 Å². The molecule has 1 aromatic heterocycles. The van der Waals surface area contributed by atoms with Gasteiger partial charge in [-0.3, -0.25) is 4.68 Å². The first-order valence-electron chi connectivity index (χ1n) is 3.36. The van der Waals surface area contributed by atoms with Crippen LogP contribution in [0.4, 0.5) is 0 Å². The van der Waals surface area contributed by atoms with E-state index in [1.807, 2.05) is 24.6 Å². The Morgan fingerprint density at radius 1 is 1.70 bits per heavy atom. The summed E-state index contributed by atoms with van der Waals surface area (Å²) >= 11 is 0. The van der Waals surface area contributed by atoms with E-state index in [0.29, 0.717) is 0 Å². The van der Waals surface area contributed by atoms with Crippen LogP contribution in [0, 0.1) is 13.8 Å². The summed E-state index contributed by atoms with van der Waals surface area (Å²) < 4.78 is 1.93. The first kappa shape index (κ1) is 7.06. The fourth-order valence-corrected chi connectivity index (χ4v) is 0.982. The first-order valence-corrected chi connectivity index (χ1v) is 3.36. The maximum absolute atomic E-state index is 4.25. The summed E-state index contributed by atoms with van der Waals surface area (Å²) in [5.41, 5.74) is 2.26. The van der Waals surface area contributed by atoms with E-state index in [2.05, 4.69) is 17.7 Å². The molecule has 0 unspecified atom stereocenters. The SMILES string of the molecule is C=CCn1nc(C)cc1C. The van der Waals surface area contributed by atoms with Crippen molar-refractivity contribution in [1.29, 1.82) is 0 Å². The van der Waals surface area contributed by atoms with Crippen molar-refractivity contribution in [3.63, 3.8) is 0 Å². The fourth-order valence-electron chi connectivity index (χ4n) is 0.982. The number of aryl methyl sites for hydroxylation is 2. The molecule has 2 heteroatoms. The molecule has 0 aliphatic heterocycles. The lowest BCUT2D eigenvalue weighted by Gasteiger charge is -1.96. The number of allylic oxidation sites excluding steroid dienone is 1. The predicted octanol–water partition coefficient (Wildman–Crippen LogP) is 1.69. The van der Waals surface area contributed by atoms with Gasteiger partial charge in [-0.15, -0.1) is 6.58 Å². The number of aromatic nitrogens is 2. The minimum absolute atomic E-state index is 0.805. The van der Waals surface area contributed by atoms with Crippen molar-refractivity contribution in [2.45, 2.75) is 20.4 Å². The lowest BCUT2D eigenvalue weighted by molar-refractivity contribution is 0.673. The molecule has 0 aliphatic carbocycles. The molecule has 0 radical (unpaired) electrons. The molecule has 54 valence electrons. The Morgan fingerprint density at radius 2 is 2.40 bits per heavy atom. The molecule has 0 amide bonds. The summed E-state index contributed by atoms with van der Waals surface area (Å²) in [6, 6.07) is 2.06. The van der Waals surface area contributed by atoms with E-state index in [4.69, 9.17) is 0 Å². The van der Waals surface area contributed by atoms with Crippen LogP contribution in [-0.2, 0) is 6.54 Å². The lowest BCUT2D eigenvalue weighted by atomic mass is 10.4. The maximum Gasteiger partial charge on any atom is 0.0596 e. The summed E-state index contributed by atoms with van der Waals surface area (Å²) in [7, 11) is 0. The van der Waals surface area contributed by atoms with Gasteiger partial charge in [0.25, 0.3) is 0 Å². The van der Waals surface area contributed by atoms with Gasteiger partial charge in [-0.2, -0.15) is 5.10 Å². The van der Waals surface area contributed by atoms with Crippen LogP contribution < -0.4 is 0 Å². The van der Waals surface area contributed by atoms with Crippen molar-refractivity contribution >= 4 is 0 Å². The molecule has 2 nitrogen and oxygen atoms in total. The summed E-state index contributed by atoms with van der Waals surface area (Å²) in [6.07, 6.45) is 1.85. The summed E-state index contributed by atoms with van der Waals surface area (Å²) in [4.78, 5) is 0. The van der Waals surface area contributed by atoms with E-state index in [0.717, 1.165) is 12.2 Å². The first-order chi connectivity index (χ1) is 4.74. The summed E-state index contributed by atoms with van der Waals surface area (Å²) in [5, 5.41) is 4.25. The maximum atomic E-state index is 4.25. The number of rotatable bonds is 2. The van der Waals surface area contributed by atoms with Gasteiger partial charge in [0.1, 0.15) is 0 Å². The van der Waals surface area contributed by atoms with Crippen LogP contribution in [0.3, 0.4) is 0 Å². The molecular weight excluding hydrogens is 124 g/mol. The van der Waals surface area contributed by atoms with Crippen molar-refractivity contribution < 1.29 is 0 Å². The van der Waals surface area contributed by atoms with Gasteiger partial charge in [-0.25, -0.2) is 0 Å². The van der Waals surface area contributed by atoms with Crippen molar-refractivity contribution in [3.8, 4) is 0 Å². The second-order valence-corrected chi connectivity index (χ2v) is 2.40. The Labute approximate surface area is 61.2 Å². The minimum Gasteiger partial charge on any atom is -0.266 e. The van der Waals surface area contributed by atoms with E-state index in [1.165, 1.54) is 5.69 Å². The highest BCUT2D eigenvalue weighted by Gasteiger charge is 1.96. The molecule has 0 fully saturated rings. The standard InChI is InChI=1S/C8H12N2/c1-4-5-10-8(3)6-7(2)9-10/h4,6H,1,5H2,2-3H3. The molecular formula is C8H12N2. The molecule has 0 aromatic carbocycles. The average molecular weight is 136 g/mol. The van der Waals surface area contributed by atoms with E-state index in [1.54, 1.807) is 0 Å². The van der Waals surface area contributed by atoms with E-state index >= 15 is 0 Å². The van der Waals surface area contributed by atoms with E-state index in [-0.39, 0.29) is 0 Å². The zero-order chi connectivity index (χ0) is 7.56. The third-order valence-corrected chi connectivity index (χ3v) is 1.41. The van der Waals surface area contributed by atoms with E-state index in [9.17, 15) is 0 Å². The topological polar surface area (TPSA) is 17.8 Å². The zero-order valence-electron chi connectivity index (χ0n) is 6.46. The molecule has 0 saturated heterocycles. The van der Waals surface area contributed by atoms with Crippen LogP contribution in [0.5, 0.6) is 0 Å². The molecule has 0 aliphatic rings. The van der Waals surface area contributed by atoms with Gasteiger partial charge in [0.05, 0.1) is 12.2 Å². The van der Waals surface area contributed by atoms with E-state index < -0.39 is 0 Å². The van der Waals surface area contributed by atoms with Crippen molar-refractivity contribution in [2.24, 2.45) is 0 Å². The van der Waals surface area contributed by atoms with Crippen molar-refractivity contribution in [2.75, 3.05) is 0 Å². The van der Waals surface area contributed by atoms with Crippen LogP contribution in [0.1, 0.15) is 11.4 Å². The molecule has 0 atom stereocenters. The highest BCUT2D eigenvalue weighted by molar-refractivity contribution is 5.06. The van der Waals surface area contributed by atoms with Crippen LogP contribution in [-0.4, -0.2) is 9.78 Å². The zero-order valence-corrected chi connectivity index (χ0v) is 6.46. The van der Waals surface area contributed by atoms with Gasteiger partial charge in [0.15, 0.2) is 0 Å². The Hall–Kier alpha value is -1.05. The number of hydrogen-bond donors (Lipinski definition) is 0. The lowest BCUT2D eigenvalue weighted by Crippen LogP contribution is -1.99. The Morgan fingerprint density at radius 3 is 2.80 bits per heavy atom. The highest BCUT2D eigenvalue weighted by atomic mass is 15.3. The largest absolute Gasteiger partial charge is 0.266 e. The average Bonchev–Trinajstić information content (AvgIpc) is 2.13. The second-order valence-electron chi connectivity index (χ2n) is 2.40. The fraction of sp³-hybridized carbons (Fsp3) is 0.375. The van der Waals surface area contributed by atoms with Crippen molar-refractivity contribution in [3.05, 3.63) is 30.1 Å². The van der Waals surface area contributed by atoms with Crippen molar-refractivity contribution in [1.82, 2.24) is 9.78 Å². The number of nitrogens with zero attached hydrogens (tertiary/aromatic N) is 2.